The highest BCUT2D eigenvalue weighted by Crippen LogP contribution is 2.31. The molecule has 0 radical (unpaired) electrons. The van der Waals surface area contributed by atoms with E-state index in [1.807, 2.05) is 5.43 Å². The van der Waals surface area contributed by atoms with Gasteiger partial charge in [0.2, 0.25) is 5.82 Å². The molecule has 2 aromatic rings. The first-order valence-electron chi connectivity index (χ1n) is 5.28. The number of halogens is 3. The molecule has 2 heterocycles. The van der Waals surface area contributed by atoms with Crippen molar-refractivity contribution in [2.75, 3.05) is 16.9 Å². The van der Waals surface area contributed by atoms with Gasteiger partial charge in [-0.1, -0.05) is 0 Å². The Morgan fingerprint density at radius 3 is 2.14 bits per heavy atom. The molecule has 8 nitrogen and oxygen atoms in total. The lowest BCUT2D eigenvalue weighted by molar-refractivity contribution is -0.145. The molecule has 112 valence electrons. The average Bonchev–Trinajstić information content (AvgIpc) is 2.36. The molecule has 0 spiro atoms. The van der Waals surface area contributed by atoms with Crippen LogP contribution in [0.1, 0.15) is 5.82 Å². The second-order valence-electron chi connectivity index (χ2n) is 3.66. The van der Waals surface area contributed by atoms with Crippen molar-refractivity contribution in [2.45, 2.75) is 16.4 Å². The fourth-order valence-electron chi connectivity index (χ4n) is 1.28. The number of hydrogen-bond donors (Lipinski definition) is 4. The molecule has 0 bridgehead atoms. The number of nitrogens with one attached hydrogen (secondary N) is 1. The van der Waals surface area contributed by atoms with Gasteiger partial charge < -0.3 is 16.9 Å². The summed E-state index contributed by atoms with van der Waals surface area (Å²) in [5.41, 5.74) is 13.0. The lowest BCUT2D eigenvalue weighted by Crippen LogP contribution is -2.16. The molecule has 0 aliphatic rings. The smallest absolute Gasteiger partial charge is 0.383 e. The van der Waals surface area contributed by atoms with Gasteiger partial charge >= 0.3 is 6.18 Å². The van der Waals surface area contributed by atoms with Crippen LogP contribution in [0, 0.1) is 0 Å². The van der Waals surface area contributed by atoms with E-state index in [0.29, 0.717) is 0 Å². The van der Waals surface area contributed by atoms with Gasteiger partial charge in [0.15, 0.2) is 5.16 Å². The maximum absolute atomic E-state index is 12.7. The minimum absolute atomic E-state index is 0.0577. The van der Waals surface area contributed by atoms with Gasteiger partial charge in [-0.25, -0.2) is 25.8 Å². The number of anilines is 3. The van der Waals surface area contributed by atoms with E-state index in [1.165, 1.54) is 12.1 Å². The minimum atomic E-state index is -4.71. The Balaban J connectivity index is 2.39. The van der Waals surface area contributed by atoms with E-state index in [-0.39, 0.29) is 27.6 Å². The van der Waals surface area contributed by atoms with Crippen molar-refractivity contribution in [2.24, 2.45) is 5.84 Å². The monoisotopic (exact) mass is 318 g/mol. The zero-order chi connectivity index (χ0) is 15.6. The lowest BCUT2D eigenvalue weighted by atomic mass is 10.5. The molecule has 0 saturated carbocycles. The van der Waals surface area contributed by atoms with E-state index in [9.17, 15) is 13.2 Å². The molecule has 21 heavy (non-hydrogen) atoms. The maximum Gasteiger partial charge on any atom is 0.451 e. The quantitative estimate of drug-likeness (QED) is 0.281. The number of aromatic nitrogens is 4. The van der Waals surface area contributed by atoms with E-state index < -0.39 is 12.0 Å². The van der Waals surface area contributed by atoms with Crippen LogP contribution in [0.15, 0.2) is 22.3 Å². The molecule has 0 atom stereocenters. The maximum atomic E-state index is 12.7. The first-order valence-corrected chi connectivity index (χ1v) is 6.10. The first-order chi connectivity index (χ1) is 9.77. The van der Waals surface area contributed by atoms with Gasteiger partial charge in [0.25, 0.3) is 0 Å². The van der Waals surface area contributed by atoms with Crippen LogP contribution < -0.4 is 22.7 Å². The van der Waals surface area contributed by atoms with Gasteiger partial charge in [-0.3, -0.25) is 0 Å². The number of nitrogens with zero attached hydrogens (tertiary/aromatic N) is 4. The molecule has 2 aromatic heterocycles. The Morgan fingerprint density at radius 2 is 1.62 bits per heavy atom. The zero-order valence-electron chi connectivity index (χ0n) is 10.2. The van der Waals surface area contributed by atoms with Crippen LogP contribution in [0.4, 0.5) is 30.6 Å². The highest BCUT2D eigenvalue weighted by molar-refractivity contribution is 7.99. The Hall–Kier alpha value is -2.34. The third-order valence-corrected chi connectivity index (χ3v) is 2.83. The van der Waals surface area contributed by atoms with Crippen LogP contribution in [-0.4, -0.2) is 19.9 Å². The van der Waals surface area contributed by atoms with Gasteiger partial charge in [-0.15, -0.1) is 0 Å². The van der Waals surface area contributed by atoms with Crippen molar-refractivity contribution >= 4 is 29.2 Å². The van der Waals surface area contributed by atoms with Crippen molar-refractivity contribution in [3.63, 3.8) is 0 Å². The van der Waals surface area contributed by atoms with Gasteiger partial charge in [0.1, 0.15) is 22.5 Å². The molecule has 7 N–H and O–H groups in total. The Morgan fingerprint density at radius 1 is 1.00 bits per heavy atom. The van der Waals surface area contributed by atoms with Crippen molar-refractivity contribution < 1.29 is 13.2 Å². The molecule has 0 amide bonds. The Kier molecular flexibility index (Phi) is 3.99. The van der Waals surface area contributed by atoms with Crippen LogP contribution in [0.25, 0.3) is 0 Å². The van der Waals surface area contributed by atoms with Crippen LogP contribution in [0.5, 0.6) is 0 Å². The van der Waals surface area contributed by atoms with Crippen molar-refractivity contribution in [1.29, 1.82) is 0 Å². The predicted octanol–water partition coefficient (Wildman–Crippen LogP) is 0.887. The normalized spacial score (nSPS) is 11.4. The molecule has 2 rings (SSSR count). The SMILES string of the molecule is NNc1cc(Sc2nc(N)cc(N)n2)nc(C(F)(F)F)n1. The molecule has 0 saturated heterocycles. The van der Waals surface area contributed by atoms with Crippen molar-refractivity contribution in [1.82, 2.24) is 19.9 Å². The van der Waals surface area contributed by atoms with Crippen molar-refractivity contribution in [3.05, 3.63) is 18.0 Å². The minimum Gasteiger partial charge on any atom is -0.383 e. The molecule has 0 aliphatic heterocycles. The Labute approximate surface area is 120 Å². The highest BCUT2D eigenvalue weighted by atomic mass is 32.2. The second kappa shape index (κ2) is 5.57. The standard InChI is InChI=1S/C9H9F3N8S/c10-9(11,12)7-18-5(20-15)2-6(19-7)21-8-16-3(13)1-4(14)17-8/h1-2H,15H2,(H,18,19,20)(H4,13,14,16,17). The summed E-state index contributed by atoms with van der Waals surface area (Å²) in [7, 11) is 0. The number of alkyl halides is 3. The molecule has 0 aromatic carbocycles. The Bertz CT molecular complexity index is 642. The van der Waals surface area contributed by atoms with E-state index in [1.54, 1.807) is 0 Å². The molecule has 12 heteroatoms. The number of hydrogen-bond acceptors (Lipinski definition) is 9. The summed E-state index contributed by atoms with van der Waals surface area (Å²) in [6, 6.07) is 2.53. The summed E-state index contributed by atoms with van der Waals surface area (Å²) in [4.78, 5) is 14.3. The lowest BCUT2D eigenvalue weighted by Gasteiger charge is -2.09. The van der Waals surface area contributed by atoms with E-state index >= 15 is 0 Å². The van der Waals surface area contributed by atoms with Crippen molar-refractivity contribution in [3.8, 4) is 0 Å². The number of nitrogen functional groups attached to an aromatic ring is 3. The van der Waals surface area contributed by atoms with E-state index in [2.05, 4.69) is 19.9 Å². The summed E-state index contributed by atoms with van der Waals surface area (Å²) in [5, 5.41) is -0.00225. The average molecular weight is 318 g/mol. The highest BCUT2D eigenvalue weighted by Gasteiger charge is 2.35. The van der Waals surface area contributed by atoms with Crippen LogP contribution in [0.2, 0.25) is 0 Å². The number of hydrazine groups is 1. The van der Waals surface area contributed by atoms with Crippen LogP contribution >= 0.6 is 11.8 Å². The first kappa shape index (κ1) is 15.1. The number of rotatable bonds is 3. The fraction of sp³-hybridized carbons (Fsp3) is 0.111. The largest absolute Gasteiger partial charge is 0.451 e. The predicted molar refractivity (Wildman–Crippen MR) is 69.8 cm³/mol. The summed E-state index contributed by atoms with van der Waals surface area (Å²) in [6.45, 7) is 0. The summed E-state index contributed by atoms with van der Waals surface area (Å²) in [5.74, 6) is 3.73. The van der Waals surface area contributed by atoms with Gasteiger partial charge in [-0.05, 0) is 11.8 Å². The topological polar surface area (TPSA) is 142 Å². The van der Waals surface area contributed by atoms with Gasteiger partial charge in [0, 0.05) is 12.1 Å². The van der Waals surface area contributed by atoms with Gasteiger partial charge in [0.05, 0.1) is 0 Å². The summed E-state index contributed by atoms with van der Waals surface area (Å²) >= 11 is 0.747. The van der Waals surface area contributed by atoms with E-state index in [4.69, 9.17) is 17.3 Å². The molecular weight excluding hydrogens is 309 g/mol. The number of nitrogens with two attached hydrogens (primary N) is 3. The molecular formula is C9H9F3N8S. The summed E-state index contributed by atoms with van der Waals surface area (Å²) in [6.07, 6.45) is -4.71. The van der Waals surface area contributed by atoms with E-state index in [0.717, 1.165) is 11.8 Å². The molecule has 0 aliphatic carbocycles. The fourth-order valence-corrected chi connectivity index (χ4v) is 2.07. The zero-order valence-corrected chi connectivity index (χ0v) is 11.0. The molecule has 0 fully saturated rings. The van der Waals surface area contributed by atoms with Gasteiger partial charge in [-0.2, -0.15) is 13.2 Å². The van der Waals surface area contributed by atoms with Crippen LogP contribution in [-0.2, 0) is 6.18 Å². The molecule has 0 unspecified atom stereocenters. The second-order valence-corrected chi connectivity index (χ2v) is 4.65. The summed E-state index contributed by atoms with van der Waals surface area (Å²) < 4.78 is 38.0. The third-order valence-electron chi connectivity index (χ3n) is 2.05. The third kappa shape index (κ3) is 3.82. The van der Waals surface area contributed by atoms with Crippen LogP contribution in [0.3, 0.4) is 0 Å².